The number of H-pyrrole nitrogens is 1. The van der Waals surface area contributed by atoms with Crippen LogP contribution in [0.4, 0.5) is 8.78 Å². The number of nitrogens with two attached hydrogens (primary N) is 1. The molecule has 5 nitrogen and oxygen atoms in total. The van der Waals surface area contributed by atoms with Gasteiger partial charge in [-0.3, -0.25) is 0 Å². The fraction of sp³-hybridized carbons (Fsp3) is 0.125. The molecule has 1 aromatic heterocycles. The Morgan fingerprint density at radius 2 is 2.13 bits per heavy atom. The number of hydrogen-bond donors (Lipinski definition) is 2. The first-order chi connectivity index (χ1) is 7.20. The highest BCUT2D eigenvalue weighted by Gasteiger charge is 2.19. The molecule has 15 heavy (non-hydrogen) atoms. The summed E-state index contributed by atoms with van der Waals surface area (Å²) >= 11 is 0. The molecule has 0 radical (unpaired) electrons. The lowest BCUT2D eigenvalue weighted by molar-refractivity contribution is 0.492. The molecule has 1 heterocycles. The van der Waals surface area contributed by atoms with Crippen LogP contribution in [0.1, 0.15) is 17.4 Å². The summed E-state index contributed by atoms with van der Waals surface area (Å²) in [5, 5.41) is 12.7. The lowest BCUT2D eigenvalue weighted by atomic mass is 10.1. The van der Waals surface area contributed by atoms with Crippen molar-refractivity contribution in [3.63, 3.8) is 0 Å². The summed E-state index contributed by atoms with van der Waals surface area (Å²) in [6.45, 7) is 0. The van der Waals surface area contributed by atoms with Gasteiger partial charge in [0.2, 0.25) is 0 Å². The molecule has 78 valence electrons. The Kier molecular flexibility index (Phi) is 2.38. The molecule has 7 heteroatoms. The maximum absolute atomic E-state index is 13.3. The SMILES string of the molecule is NC(c1nn[nH]n1)c1cccc(F)c1F. The molecule has 0 aliphatic carbocycles. The molecule has 2 rings (SSSR count). The first-order valence-electron chi connectivity index (χ1n) is 4.13. The minimum absolute atomic E-state index is 0.00333. The van der Waals surface area contributed by atoms with Crippen LogP contribution in [-0.4, -0.2) is 20.6 Å². The smallest absolute Gasteiger partial charge is 0.195 e. The van der Waals surface area contributed by atoms with Gasteiger partial charge in [-0.2, -0.15) is 5.21 Å². The van der Waals surface area contributed by atoms with E-state index in [2.05, 4.69) is 20.6 Å². The summed E-state index contributed by atoms with van der Waals surface area (Å²) < 4.78 is 26.2. The molecule has 0 bridgehead atoms. The molecule has 0 spiro atoms. The second-order valence-corrected chi connectivity index (χ2v) is 2.89. The van der Waals surface area contributed by atoms with Gasteiger partial charge in [-0.05, 0) is 6.07 Å². The standard InChI is InChI=1S/C8H7F2N5/c9-5-3-1-2-4(6(5)10)7(11)8-12-14-15-13-8/h1-3,7H,11H2,(H,12,13,14,15). The third-order valence-corrected chi connectivity index (χ3v) is 1.96. The average molecular weight is 211 g/mol. The van der Waals surface area contributed by atoms with Crippen molar-refractivity contribution in [1.82, 2.24) is 20.6 Å². The Morgan fingerprint density at radius 3 is 2.80 bits per heavy atom. The monoisotopic (exact) mass is 211 g/mol. The van der Waals surface area contributed by atoms with Crippen LogP contribution in [0.3, 0.4) is 0 Å². The van der Waals surface area contributed by atoms with Crippen molar-refractivity contribution in [2.75, 3.05) is 0 Å². The number of aromatic amines is 1. The molecule has 0 aliphatic rings. The van der Waals surface area contributed by atoms with E-state index in [1.807, 2.05) is 0 Å². The zero-order valence-corrected chi connectivity index (χ0v) is 7.48. The van der Waals surface area contributed by atoms with Crippen molar-refractivity contribution < 1.29 is 8.78 Å². The van der Waals surface area contributed by atoms with Crippen LogP contribution >= 0.6 is 0 Å². The molecule has 1 unspecified atom stereocenters. The van der Waals surface area contributed by atoms with Crippen molar-refractivity contribution in [2.24, 2.45) is 5.73 Å². The predicted octanol–water partition coefficient (Wildman–Crippen LogP) is 0.526. The van der Waals surface area contributed by atoms with Gasteiger partial charge in [-0.1, -0.05) is 17.3 Å². The van der Waals surface area contributed by atoms with Gasteiger partial charge >= 0.3 is 0 Å². The van der Waals surface area contributed by atoms with Gasteiger partial charge in [0.05, 0.1) is 6.04 Å². The van der Waals surface area contributed by atoms with Gasteiger partial charge in [0.25, 0.3) is 0 Å². The van der Waals surface area contributed by atoms with Crippen molar-refractivity contribution >= 4 is 0 Å². The lowest BCUT2D eigenvalue weighted by Gasteiger charge is -2.08. The van der Waals surface area contributed by atoms with Crippen LogP contribution in [0, 0.1) is 11.6 Å². The van der Waals surface area contributed by atoms with E-state index < -0.39 is 17.7 Å². The summed E-state index contributed by atoms with van der Waals surface area (Å²) in [5.41, 5.74) is 5.64. The summed E-state index contributed by atoms with van der Waals surface area (Å²) in [4.78, 5) is 0. The topological polar surface area (TPSA) is 80.5 Å². The van der Waals surface area contributed by atoms with Gasteiger partial charge in [0.1, 0.15) is 0 Å². The van der Waals surface area contributed by atoms with Gasteiger partial charge < -0.3 is 5.73 Å². The number of nitrogens with zero attached hydrogens (tertiary/aromatic N) is 3. The molecular weight excluding hydrogens is 204 g/mol. The zero-order chi connectivity index (χ0) is 10.8. The Balaban J connectivity index is 2.42. The highest BCUT2D eigenvalue weighted by atomic mass is 19.2. The van der Waals surface area contributed by atoms with Gasteiger partial charge in [0.15, 0.2) is 17.5 Å². The normalized spacial score (nSPS) is 12.7. The molecule has 2 aromatic rings. The quantitative estimate of drug-likeness (QED) is 0.759. The van der Waals surface area contributed by atoms with E-state index in [0.717, 1.165) is 6.07 Å². The summed E-state index contributed by atoms with van der Waals surface area (Å²) in [7, 11) is 0. The summed E-state index contributed by atoms with van der Waals surface area (Å²) in [5.74, 6) is -1.83. The number of nitrogens with one attached hydrogen (secondary N) is 1. The molecule has 3 N–H and O–H groups in total. The Hall–Kier alpha value is -1.89. The van der Waals surface area contributed by atoms with E-state index >= 15 is 0 Å². The summed E-state index contributed by atoms with van der Waals surface area (Å²) in [6.07, 6.45) is 0. The van der Waals surface area contributed by atoms with E-state index in [1.165, 1.54) is 12.1 Å². The first-order valence-corrected chi connectivity index (χ1v) is 4.13. The molecule has 1 atom stereocenters. The van der Waals surface area contributed by atoms with Crippen molar-refractivity contribution in [3.05, 3.63) is 41.2 Å². The Morgan fingerprint density at radius 1 is 1.33 bits per heavy atom. The van der Waals surface area contributed by atoms with Gasteiger partial charge in [-0.15, -0.1) is 10.2 Å². The van der Waals surface area contributed by atoms with E-state index in [4.69, 9.17) is 5.73 Å². The number of halogens is 2. The number of rotatable bonds is 2. The highest BCUT2D eigenvalue weighted by molar-refractivity contribution is 5.26. The maximum Gasteiger partial charge on any atom is 0.195 e. The van der Waals surface area contributed by atoms with Crippen LogP contribution in [0.15, 0.2) is 18.2 Å². The summed E-state index contributed by atoms with van der Waals surface area (Å²) in [6, 6.07) is 2.83. The number of tetrazole rings is 1. The van der Waals surface area contributed by atoms with Crippen LogP contribution in [-0.2, 0) is 0 Å². The Bertz CT molecular complexity index is 456. The second kappa shape index (κ2) is 3.70. The van der Waals surface area contributed by atoms with Crippen LogP contribution in [0.2, 0.25) is 0 Å². The largest absolute Gasteiger partial charge is 0.317 e. The number of aromatic nitrogens is 4. The average Bonchev–Trinajstić information content (AvgIpc) is 2.74. The van der Waals surface area contributed by atoms with Crippen molar-refractivity contribution in [3.8, 4) is 0 Å². The molecule has 0 saturated heterocycles. The van der Waals surface area contributed by atoms with Gasteiger partial charge in [0, 0.05) is 5.56 Å². The molecular formula is C8H7F2N5. The minimum Gasteiger partial charge on any atom is -0.317 e. The molecule has 0 amide bonds. The second-order valence-electron chi connectivity index (χ2n) is 2.89. The minimum atomic E-state index is -0.991. The zero-order valence-electron chi connectivity index (χ0n) is 7.48. The van der Waals surface area contributed by atoms with E-state index in [1.54, 1.807) is 0 Å². The van der Waals surface area contributed by atoms with E-state index in [-0.39, 0.29) is 11.4 Å². The van der Waals surface area contributed by atoms with Crippen LogP contribution < -0.4 is 5.73 Å². The highest BCUT2D eigenvalue weighted by Crippen LogP contribution is 2.20. The van der Waals surface area contributed by atoms with E-state index in [9.17, 15) is 8.78 Å². The fourth-order valence-electron chi connectivity index (χ4n) is 1.20. The van der Waals surface area contributed by atoms with Crippen molar-refractivity contribution in [1.29, 1.82) is 0 Å². The van der Waals surface area contributed by atoms with Crippen molar-refractivity contribution in [2.45, 2.75) is 6.04 Å². The molecule has 0 saturated carbocycles. The van der Waals surface area contributed by atoms with Crippen LogP contribution in [0.25, 0.3) is 0 Å². The lowest BCUT2D eigenvalue weighted by Crippen LogP contribution is -2.16. The third-order valence-electron chi connectivity index (χ3n) is 1.96. The first kappa shape index (κ1) is 9.66. The molecule has 0 aliphatic heterocycles. The number of benzene rings is 1. The van der Waals surface area contributed by atoms with Crippen LogP contribution in [0.5, 0.6) is 0 Å². The van der Waals surface area contributed by atoms with Gasteiger partial charge in [-0.25, -0.2) is 8.78 Å². The molecule has 0 fully saturated rings. The third kappa shape index (κ3) is 1.68. The molecule has 1 aromatic carbocycles. The maximum atomic E-state index is 13.3. The predicted molar refractivity (Wildman–Crippen MR) is 46.6 cm³/mol. The fourth-order valence-corrected chi connectivity index (χ4v) is 1.20. The van der Waals surface area contributed by atoms with E-state index in [0.29, 0.717) is 0 Å². The Labute approximate surface area is 83.3 Å². The number of hydrogen-bond acceptors (Lipinski definition) is 4.